The first-order valence-electron chi connectivity index (χ1n) is 5.12. The Morgan fingerprint density at radius 3 is 2.83 bits per heavy atom. The number of nitrogens with zero attached hydrogens (tertiary/aromatic N) is 2. The Kier molecular flexibility index (Phi) is 3.88. The lowest BCUT2D eigenvalue weighted by atomic mass is 10.2. The van der Waals surface area contributed by atoms with Gasteiger partial charge in [0.2, 0.25) is 5.88 Å². The van der Waals surface area contributed by atoms with Crippen molar-refractivity contribution in [2.24, 2.45) is 5.73 Å². The molecule has 18 heavy (non-hydrogen) atoms. The molecular weight excluding hydrogens is 314 g/mol. The van der Waals surface area contributed by atoms with Crippen molar-refractivity contribution in [3.05, 3.63) is 46.3 Å². The molecule has 2 heterocycles. The molecular formula is C12H10BrN3OS. The molecule has 2 aromatic rings. The zero-order chi connectivity index (χ0) is 13.1. The predicted octanol–water partition coefficient (Wildman–Crippen LogP) is 2.97. The van der Waals surface area contributed by atoms with E-state index in [-0.39, 0.29) is 4.99 Å². The maximum atomic E-state index is 5.66. The van der Waals surface area contributed by atoms with Crippen LogP contribution in [0.4, 0.5) is 0 Å². The molecule has 0 aromatic carbocycles. The van der Waals surface area contributed by atoms with Gasteiger partial charge in [0.25, 0.3) is 0 Å². The number of rotatable bonds is 3. The van der Waals surface area contributed by atoms with Crippen LogP contribution in [0, 0.1) is 6.92 Å². The van der Waals surface area contributed by atoms with Crippen LogP contribution in [0.15, 0.2) is 35.1 Å². The third-order valence-electron chi connectivity index (χ3n) is 2.16. The Hall–Kier alpha value is -1.53. The fourth-order valence-electron chi connectivity index (χ4n) is 1.36. The molecule has 0 saturated heterocycles. The number of aryl methyl sites for hydroxylation is 1. The van der Waals surface area contributed by atoms with E-state index in [1.165, 1.54) is 0 Å². The average Bonchev–Trinajstić information content (AvgIpc) is 2.28. The number of thiocarbonyl (C=S) groups is 1. The van der Waals surface area contributed by atoms with Crippen LogP contribution in [0.3, 0.4) is 0 Å². The predicted molar refractivity (Wildman–Crippen MR) is 76.9 cm³/mol. The van der Waals surface area contributed by atoms with Gasteiger partial charge in [-0.1, -0.05) is 12.2 Å². The minimum atomic E-state index is 0.250. The molecule has 0 radical (unpaired) electrons. The minimum Gasteiger partial charge on any atom is -0.437 e. The summed E-state index contributed by atoms with van der Waals surface area (Å²) in [5.74, 6) is 0.961. The van der Waals surface area contributed by atoms with Crippen LogP contribution in [0.2, 0.25) is 0 Å². The van der Waals surface area contributed by atoms with E-state index in [9.17, 15) is 0 Å². The zero-order valence-corrected chi connectivity index (χ0v) is 12.0. The summed E-state index contributed by atoms with van der Waals surface area (Å²) in [5, 5.41) is 0. The van der Waals surface area contributed by atoms with Crippen LogP contribution in [0.25, 0.3) is 0 Å². The van der Waals surface area contributed by atoms with Gasteiger partial charge in [0, 0.05) is 16.4 Å². The first-order valence-corrected chi connectivity index (χ1v) is 6.32. The monoisotopic (exact) mass is 323 g/mol. The number of halogens is 1. The quantitative estimate of drug-likeness (QED) is 0.880. The molecule has 2 rings (SSSR count). The summed E-state index contributed by atoms with van der Waals surface area (Å²) >= 11 is 8.29. The molecule has 2 aromatic heterocycles. The van der Waals surface area contributed by atoms with Crippen LogP contribution < -0.4 is 10.5 Å². The topological polar surface area (TPSA) is 61.0 Å². The highest BCUT2D eigenvalue weighted by Crippen LogP contribution is 2.25. The fraction of sp³-hybridized carbons (Fsp3) is 0.0833. The first kappa shape index (κ1) is 12.9. The van der Waals surface area contributed by atoms with E-state index in [0.717, 1.165) is 10.2 Å². The highest BCUT2D eigenvalue weighted by molar-refractivity contribution is 9.10. The Morgan fingerprint density at radius 2 is 2.17 bits per heavy atom. The maximum absolute atomic E-state index is 5.66. The van der Waals surface area contributed by atoms with Crippen LogP contribution in [-0.4, -0.2) is 15.0 Å². The third kappa shape index (κ3) is 3.02. The van der Waals surface area contributed by atoms with Crippen molar-refractivity contribution in [3.63, 3.8) is 0 Å². The van der Waals surface area contributed by atoms with Gasteiger partial charge >= 0.3 is 0 Å². The molecule has 92 valence electrons. The molecule has 0 aliphatic heterocycles. The van der Waals surface area contributed by atoms with Crippen LogP contribution in [0.1, 0.15) is 11.3 Å². The Bertz CT molecular complexity index is 604. The first-order chi connectivity index (χ1) is 8.56. The number of nitrogens with two attached hydrogens (primary N) is 1. The van der Waals surface area contributed by atoms with Gasteiger partial charge in [0.1, 0.15) is 10.7 Å². The molecule has 6 heteroatoms. The van der Waals surface area contributed by atoms with Crippen molar-refractivity contribution in [1.82, 2.24) is 9.97 Å². The highest BCUT2D eigenvalue weighted by atomic mass is 79.9. The molecule has 0 bridgehead atoms. The Morgan fingerprint density at radius 1 is 1.39 bits per heavy atom. The standard InChI is InChI=1S/C12H10BrN3OS/c1-7-2-3-10(11(14)18)12(16-7)17-9-4-8(13)5-15-6-9/h2-6H,1H3,(H2,14,18). The normalized spacial score (nSPS) is 10.1. The number of aromatic nitrogens is 2. The van der Waals surface area contributed by atoms with Gasteiger partial charge in [-0.05, 0) is 41.1 Å². The van der Waals surface area contributed by atoms with Crippen LogP contribution >= 0.6 is 28.1 Å². The summed E-state index contributed by atoms with van der Waals surface area (Å²) in [7, 11) is 0. The average molecular weight is 324 g/mol. The van der Waals surface area contributed by atoms with Crippen molar-refractivity contribution >= 4 is 33.1 Å². The molecule has 2 N–H and O–H groups in total. The SMILES string of the molecule is Cc1ccc(C(N)=S)c(Oc2cncc(Br)c2)n1. The van der Waals surface area contributed by atoms with Crippen molar-refractivity contribution < 1.29 is 4.74 Å². The largest absolute Gasteiger partial charge is 0.437 e. The van der Waals surface area contributed by atoms with E-state index < -0.39 is 0 Å². The molecule has 0 aliphatic rings. The summed E-state index contributed by atoms with van der Waals surface area (Å²) in [4.78, 5) is 8.55. The van der Waals surface area contributed by atoms with Crippen LogP contribution in [-0.2, 0) is 0 Å². The van der Waals surface area contributed by atoms with E-state index >= 15 is 0 Å². The fourth-order valence-corrected chi connectivity index (χ4v) is 1.86. The second-order valence-corrected chi connectivity index (χ2v) is 4.97. The van der Waals surface area contributed by atoms with E-state index in [2.05, 4.69) is 25.9 Å². The lowest BCUT2D eigenvalue weighted by Gasteiger charge is -2.09. The van der Waals surface area contributed by atoms with E-state index in [4.69, 9.17) is 22.7 Å². The van der Waals surface area contributed by atoms with Crippen molar-refractivity contribution in [1.29, 1.82) is 0 Å². The number of hydrogen-bond acceptors (Lipinski definition) is 4. The molecule has 0 amide bonds. The zero-order valence-electron chi connectivity index (χ0n) is 9.55. The van der Waals surface area contributed by atoms with Crippen molar-refractivity contribution in [3.8, 4) is 11.6 Å². The smallest absolute Gasteiger partial charge is 0.229 e. The van der Waals surface area contributed by atoms with Gasteiger partial charge in [-0.2, -0.15) is 0 Å². The number of pyridine rings is 2. The van der Waals surface area contributed by atoms with Gasteiger partial charge in [-0.25, -0.2) is 4.98 Å². The van der Waals surface area contributed by atoms with Crippen molar-refractivity contribution in [2.45, 2.75) is 6.92 Å². The van der Waals surface area contributed by atoms with Gasteiger partial charge in [0.05, 0.1) is 11.8 Å². The molecule has 0 unspecified atom stereocenters. The second kappa shape index (κ2) is 5.41. The lowest BCUT2D eigenvalue weighted by Crippen LogP contribution is -2.12. The van der Waals surface area contributed by atoms with Gasteiger partial charge < -0.3 is 10.5 Å². The summed E-state index contributed by atoms with van der Waals surface area (Å²) in [6, 6.07) is 5.42. The third-order valence-corrected chi connectivity index (χ3v) is 2.81. The van der Waals surface area contributed by atoms with Gasteiger partial charge in [-0.3, -0.25) is 4.98 Å². The van der Waals surface area contributed by atoms with Crippen molar-refractivity contribution in [2.75, 3.05) is 0 Å². The Labute approximate surface area is 118 Å². The minimum absolute atomic E-state index is 0.250. The molecule has 0 spiro atoms. The molecule has 0 atom stereocenters. The molecule has 4 nitrogen and oxygen atoms in total. The van der Waals surface area contributed by atoms with Gasteiger partial charge in [-0.15, -0.1) is 0 Å². The summed E-state index contributed by atoms with van der Waals surface area (Å²) in [5.41, 5.74) is 7.07. The summed E-state index contributed by atoms with van der Waals surface area (Å²) in [6.07, 6.45) is 3.27. The van der Waals surface area contributed by atoms with Gasteiger partial charge in [0.15, 0.2) is 0 Å². The maximum Gasteiger partial charge on any atom is 0.229 e. The highest BCUT2D eigenvalue weighted by Gasteiger charge is 2.10. The van der Waals surface area contributed by atoms with Crippen LogP contribution in [0.5, 0.6) is 11.6 Å². The van der Waals surface area contributed by atoms with E-state index in [1.54, 1.807) is 24.5 Å². The second-order valence-electron chi connectivity index (χ2n) is 3.61. The van der Waals surface area contributed by atoms with E-state index in [1.807, 2.05) is 13.0 Å². The molecule has 0 fully saturated rings. The van der Waals surface area contributed by atoms with E-state index in [0.29, 0.717) is 17.2 Å². The number of hydrogen-bond donors (Lipinski definition) is 1. The lowest BCUT2D eigenvalue weighted by molar-refractivity contribution is 0.458. The molecule has 0 saturated carbocycles. The summed E-state index contributed by atoms with van der Waals surface area (Å²) in [6.45, 7) is 1.87. The molecule has 0 aliphatic carbocycles. The Balaban J connectivity index is 2.39. The summed E-state index contributed by atoms with van der Waals surface area (Å²) < 4.78 is 6.48. The number of ether oxygens (including phenoxy) is 1.